The zero-order valence-electron chi connectivity index (χ0n) is 10.0. The fourth-order valence-corrected chi connectivity index (χ4v) is 3.65. The quantitative estimate of drug-likeness (QED) is 0.740. The molecular formula is C11H20N2O2S. The van der Waals surface area contributed by atoms with Gasteiger partial charge >= 0.3 is 0 Å². The van der Waals surface area contributed by atoms with Crippen molar-refractivity contribution in [3.8, 4) is 6.07 Å². The minimum absolute atomic E-state index is 0.355. The molecule has 0 bridgehead atoms. The minimum atomic E-state index is -3.42. The van der Waals surface area contributed by atoms with Crippen LogP contribution in [0.15, 0.2) is 0 Å². The third-order valence-corrected chi connectivity index (χ3v) is 5.47. The molecule has 0 amide bonds. The van der Waals surface area contributed by atoms with Crippen LogP contribution >= 0.6 is 0 Å². The number of nitriles is 1. The van der Waals surface area contributed by atoms with Gasteiger partial charge in [-0.15, -0.1) is 0 Å². The maximum absolute atomic E-state index is 12.0. The minimum Gasteiger partial charge on any atom is -0.211 e. The predicted molar refractivity (Wildman–Crippen MR) is 63.2 cm³/mol. The van der Waals surface area contributed by atoms with Gasteiger partial charge in [-0.1, -0.05) is 19.8 Å². The van der Waals surface area contributed by atoms with Gasteiger partial charge in [-0.25, -0.2) is 12.7 Å². The Labute approximate surface area is 98.3 Å². The van der Waals surface area contributed by atoms with E-state index >= 15 is 0 Å². The van der Waals surface area contributed by atoms with Crippen molar-refractivity contribution in [1.82, 2.24) is 4.31 Å². The lowest BCUT2D eigenvalue weighted by molar-refractivity contribution is 0.384. The van der Waals surface area contributed by atoms with Crippen molar-refractivity contribution in [2.24, 2.45) is 5.92 Å². The van der Waals surface area contributed by atoms with E-state index in [9.17, 15) is 8.42 Å². The molecule has 5 heteroatoms. The molecule has 1 saturated carbocycles. The zero-order chi connectivity index (χ0) is 12.2. The Balaban J connectivity index is 2.64. The maximum Gasteiger partial charge on any atom is 0.230 e. The highest BCUT2D eigenvalue weighted by atomic mass is 32.2. The highest BCUT2D eigenvalue weighted by molar-refractivity contribution is 7.89. The molecular weight excluding hydrogens is 224 g/mol. The molecule has 0 radical (unpaired) electrons. The highest BCUT2D eigenvalue weighted by Gasteiger charge is 2.30. The van der Waals surface area contributed by atoms with Gasteiger partial charge < -0.3 is 0 Å². The molecule has 0 aromatic rings. The average molecular weight is 244 g/mol. The van der Waals surface area contributed by atoms with Crippen LogP contribution in [0.1, 0.15) is 39.0 Å². The second kappa shape index (κ2) is 5.65. The van der Waals surface area contributed by atoms with Crippen molar-refractivity contribution in [3.05, 3.63) is 0 Å². The summed E-state index contributed by atoms with van der Waals surface area (Å²) in [6.07, 6.45) is 4.99. The Bertz CT molecular complexity index is 353. The summed E-state index contributed by atoms with van der Waals surface area (Å²) >= 11 is 0. The Hall–Kier alpha value is -0.600. The van der Waals surface area contributed by atoms with Gasteiger partial charge in [0.2, 0.25) is 10.0 Å². The van der Waals surface area contributed by atoms with E-state index in [4.69, 9.17) is 5.26 Å². The van der Waals surface area contributed by atoms with Crippen LogP contribution in [-0.4, -0.2) is 31.6 Å². The molecule has 16 heavy (non-hydrogen) atoms. The molecule has 1 fully saturated rings. The first kappa shape index (κ1) is 13.5. The van der Waals surface area contributed by atoms with Crippen LogP contribution in [0.2, 0.25) is 0 Å². The molecule has 92 valence electrons. The van der Waals surface area contributed by atoms with Crippen LogP contribution in [-0.2, 0) is 10.0 Å². The number of rotatable bonds is 5. The lowest BCUT2D eigenvalue weighted by Gasteiger charge is -2.22. The van der Waals surface area contributed by atoms with Crippen LogP contribution < -0.4 is 0 Å². The van der Waals surface area contributed by atoms with E-state index in [-0.39, 0.29) is 0 Å². The third-order valence-electron chi connectivity index (χ3n) is 3.30. The fourth-order valence-electron chi connectivity index (χ4n) is 2.25. The molecule has 4 nitrogen and oxygen atoms in total. The smallest absolute Gasteiger partial charge is 0.211 e. The summed E-state index contributed by atoms with van der Waals surface area (Å²) in [5.41, 5.74) is 0. The van der Waals surface area contributed by atoms with Crippen LogP contribution in [0.25, 0.3) is 0 Å². The van der Waals surface area contributed by atoms with Crippen molar-refractivity contribution < 1.29 is 8.42 Å². The van der Waals surface area contributed by atoms with Gasteiger partial charge in [-0.3, -0.25) is 0 Å². The summed E-state index contributed by atoms with van der Waals surface area (Å²) in [5, 5.41) is 7.93. The molecule has 0 aromatic carbocycles. The highest BCUT2D eigenvalue weighted by Crippen LogP contribution is 2.26. The summed E-state index contributed by atoms with van der Waals surface area (Å²) in [7, 11) is -1.83. The molecule has 0 spiro atoms. The average Bonchev–Trinajstić information content (AvgIpc) is 2.71. The molecule has 0 N–H and O–H groups in total. The zero-order valence-corrected chi connectivity index (χ0v) is 10.8. The van der Waals surface area contributed by atoms with E-state index in [1.807, 2.05) is 6.07 Å². The second-order valence-electron chi connectivity index (χ2n) is 4.50. The molecule has 0 aromatic heterocycles. The summed E-state index contributed by atoms with van der Waals surface area (Å²) in [6.45, 7) is 2.30. The van der Waals surface area contributed by atoms with Crippen molar-refractivity contribution >= 4 is 10.0 Å². The van der Waals surface area contributed by atoms with Crippen LogP contribution in [0, 0.1) is 17.2 Å². The van der Waals surface area contributed by atoms with Gasteiger partial charge in [0.1, 0.15) is 0 Å². The molecule has 0 aliphatic heterocycles. The summed E-state index contributed by atoms with van der Waals surface area (Å²) < 4.78 is 25.3. The Morgan fingerprint density at radius 3 is 2.44 bits per heavy atom. The van der Waals surface area contributed by atoms with E-state index < -0.39 is 15.3 Å². The van der Waals surface area contributed by atoms with Crippen LogP contribution in [0.4, 0.5) is 0 Å². The van der Waals surface area contributed by atoms with Crippen molar-refractivity contribution in [2.45, 2.75) is 44.3 Å². The Kier molecular flexibility index (Phi) is 4.75. The lowest BCUT2D eigenvalue weighted by atomic mass is 10.1. The first-order valence-electron chi connectivity index (χ1n) is 5.87. The molecule has 1 atom stereocenters. The van der Waals surface area contributed by atoms with E-state index in [0.29, 0.717) is 18.9 Å². The van der Waals surface area contributed by atoms with Crippen LogP contribution in [0.5, 0.6) is 0 Å². The van der Waals surface area contributed by atoms with Gasteiger partial charge in [0, 0.05) is 13.6 Å². The van der Waals surface area contributed by atoms with E-state index in [1.165, 1.54) is 17.1 Å². The SMILES string of the molecule is CCC(C#N)S(=O)(=O)N(C)CC1CCCC1. The molecule has 1 unspecified atom stereocenters. The summed E-state index contributed by atoms with van der Waals surface area (Å²) in [4.78, 5) is 0. The Morgan fingerprint density at radius 2 is 2.00 bits per heavy atom. The normalized spacial score (nSPS) is 19.9. The molecule has 0 heterocycles. The van der Waals surface area contributed by atoms with Gasteiger partial charge in [0.05, 0.1) is 6.07 Å². The van der Waals surface area contributed by atoms with Crippen LogP contribution in [0.3, 0.4) is 0 Å². The standard InChI is InChI=1S/C11H20N2O2S/c1-3-11(8-12)16(14,15)13(2)9-10-6-4-5-7-10/h10-11H,3-7,9H2,1-2H3. The van der Waals surface area contributed by atoms with Crippen molar-refractivity contribution in [1.29, 1.82) is 5.26 Å². The predicted octanol–water partition coefficient (Wildman–Crippen LogP) is 1.74. The molecule has 1 aliphatic carbocycles. The van der Waals surface area contributed by atoms with E-state index in [2.05, 4.69) is 0 Å². The van der Waals surface area contributed by atoms with Gasteiger partial charge in [0.25, 0.3) is 0 Å². The van der Waals surface area contributed by atoms with E-state index in [0.717, 1.165) is 12.8 Å². The lowest BCUT2D eigenvalue weighted by Crippen LogP contribution is -2.37. The van der Waals surface area contributed by atoms with Gasteiger partial charge in [0.15, 0.2) is 5.25 Å². The number of nitrogens with zero attached hydrogens (tertiary/aromatic N) is 2. The summed E-state index contributed by atoms with van der Waals surface area (Å²) in [5.74, 6) is 0.482. The Morgan fingerprint density at radius 1 is 1.44 bits per heavy atom. The first-order valence-corrected chi connectivity index (χ1v) is 7.37. The van der Waals surface area contributed by atoms with Gasteiger partial charge in [-0.2, -0.15) is 5.26 Å². The first-order chi connectivity index (χ1) is 7.52. The topological polar surface area (TPSA) is 61.2 Å². The van der Waals surface area contributed by atoms with Gasteiger partial charge in [-0.05, 0) is 25.2 Å². The fraction of sp³-hybridized carbons (Fsp3) is 0.909. The summed E-state index contributed by atoms with van der Waals surface area (Å²) in [6, 6.07) is 1.87. The van der Waals surface area contributed by atoms with Crippen molar-refractivity contribution in [2.75, 3.05) is 13.6 Å². The largest absolute Gasteiger partial charge is 0.230 e. The number of sulfonamides is 1. The number of hydrogen-bond donors (Lipinski definition) is 0. The maximum atomic E-state index is 12.0. The van der Waals surface area contributed by atoms with Crippen molar-refractivity contribution in [3.63, 3.8) is 0 Å². The third kappa shape index (κ3) is 2.96. The number of hydrogen-bond acceptors (Lipinski definition) is 3. The molecule has 1 rings (SSSR count). The molecule has 0 saturated heterocycles. The molecule has 1 aliphatic rings. The monoisotopic (exact) mass is 244 g/mol. The second-order valence-corrected chi connectivity index (χ2v) is 6.72. The van der Waals surface area contributed by atoms with E-state index in [1.54, 1.807) is 14.0 Å².